The zero-order valence-electron chi connectivity index (χ0n) is 7.22. The van der Waals surface area contributed by atoms with Crippen LogP contribution in [0.3, 0.4) is 0 Å². The molecule has 0 saturated heterocycles. The molecule has 0 aliphatic heterocycles. The summed E-state index contributed by atoms with van der Waals surface area (Å²) in [4.78, 5) is 0. The Balaban J connectivity index is 3.25. The molecule has 1 rings (SSSR count). The molecular weight excluding hydrogens is 193 g/mol. The first-order valence-electron chi connectivity index (χ1n) is 3.90. The molecule has 1 aromatic carbocycles. The van der Waals surface area contributed by atoms with Crippen LogP contribution in [0.5, 0.6) is 0 Å². The van der Waals surface area contributed by atoms with Gasteiger partial charge in [0.15, 0.2) is 0 Å². The van der Waals surface area contributed by atoms with Crippen molar-refractivity contribution in [3.8, 4) is 0 Å². The Labute approximate surface area is 81.1 Å². The number of halogens is 2. The smallest absolute Gasteiger partial charge is 0.130 e. The van der Waals surface area contributed by atoms with Gasteiger partial charge in [-0.3, -0.25) is 0 Å². The summed E-state index contributed by atoms with van der Waals surface area (Å²) in [5.41, 5.74) is 6.03. The lowest BCUT2D eigenvalue weighted by Crippen LogP contribution is -2.13. The largest absolute Gasteiger partial charge is 0.387 e. The molecule has 0 aliphatic rings. The summed E-state index contributed by atoms with van der Waals surface area (Å²) < 4.78 is 13.2. The van der Waals surface area contributed by atoms with Gasteiger partial charge < -0.3 is 10.8 Å². The van der Waals surface area contributed by atoms with E-state index in [9.17, 15) is 9.50 Å². The van der Waals surface area contributed by atoms with Crippen molar-refractivity contribution in [3.63, 3.8) is 0 Å². The molecule has 2 nitrogen and oxygen atoms in total. The number of benzene rings is 1. The van der Waals surface area contributed by atoms with Crippen LogP contribution < -0.4 is 5.73 Å². The fraction of sp³-hybridized carbons (Fsp3) is 0.333. The molecule has 4 heteroatoms. The summed E-state index contributed by atoms with van der Waals surface area (Å²) >= 11 is 5.82. The van der Waals surface area contributed by atoms with Crippen LogP contribution in [0.25, 0.3) is 0 Å². The first-order chi connectivity index (χ1) is 6.07. The van der Waals surface area contributed by atoms with Crippen LogP contribution in [0.1, 0.15) is 17.2 Å². The van der Waals surface area contributed by atoms with Gasteiger partial charge in [-0.2, -0.15) is 0 Å². The minimum absolute atomic E-state index is 0.0416. The van der Waals surface area contributed by atoms with Gasteiger partial charge >= 0.3 is 0 Å². The van der Waals surface area contributed by atoms with E-state index in [0.29, 0.717) is 0 Å². The highest BCUT2D eigenvalue weighted by Crippen LogP contribution is 2.28. The highest BCUT2D eigenvalue weighted by Gasteiger charge is 2.16. The Bertz CT molecular complexity index is 317. The van der Waals surface area contributed by atoms with Crippen LogP contribution in [0.4, 0.5) is 4.39 Å². The molecule has 0 heterocycles. The number of hydrogen-bond acceptors (Lipinski definition) is 2. The molecule has 13 heavy (non-hydrogen) atoms. The number of rotatable bonds is 2. The van der Waals surface area contributed by atoms with E-state index in [4.69, 9.17) is 17.3 Å². The molecule has 0 fully saturated rings. The van der Waals surface area contributed by atoms with Crippen molar-refractivity contribution in [2.75, 3.05) is 6.54 Å². The summed E-state index contributed by atoms with van der Waals surface area (Å²) in [6.45, 7) is 1.70. The molecule has 0 spiro atoms. The van der Waals surface area contributed by atoms with Crippen molar-refractivity contribution in [3.05, 3.63) is 34.1 Å². The third-order valence-electron chi connectivity index (χ3n) is 1.88. The van der Waals surface area contributed by atoms with Crippen LogP contribution in [0, 0.1) is 12.7 Å². The summed E-state index contributed by atoms with van der Waals surface area (Å²) in [6, 6.07) is 2.83. The van der Waals surface area contributed by atoms with Gasteiger partial charge in [0.25, 0.3) is 0 Å². The van der Waals surface area contributed by atoms with Gasteiger partial charge in [0.05, 0.1) is 11.1 Å². The minimum atomic E-state index is -1.03. The van der Waals surface area contributed by atoms with Crippen LogP contribution in [0.15, 0.2) is 12.1 Å². The second kappa shape index (κ2) is 4.05. The van der Waals surface area contributed by atoms with Crippen molar-refractivity contribution >= 4 is 11.6 Å². The number of aryl methyl sites for hydroxylation is 1. The maximum Gasteiger partial charge on any atom is 0.130 e. The SMILES string of the molecule is Cc1ccc(F)c(C(O)CN)c1Cl. The normalized spacial score (nSPS) is 13.0. The molecule has 0 aromatic heterocycles. The summed E-state index contributed by atoms with van der Waals surface area (Å²) in [7, 11) is 0. The first kappa shape index (κ1) is 10.4. The predicted molar refractivity (Wildman–Crippen MR) is 50.2 cm³/mol. The van der Waals surface area contributed by atoms with Gasteiger partial charge in [-0.15, -0.1) is 0 Å². The number of nitrogens with two attached hydrogens (primary N) is 1. The molecule has 0 aliphatic carbocycles. The molecule has 3 N–H and O–H groups in total. The highest BCUT2D eigenvalue weighted by molar-refractivity contribution is 6.32. The van der Waals surface area contributed by atoms with Crippen molar-refractivity contribution in [1.82, 2.24) is 0 Å². The average Bonchev–Trinajstić information content (AvgIpc) is 2.12. The maximum atomic E-state index is 13.2. The van der Waals surface area contributed by atoms with Crippen molar-refractivity contribution < 1.29 is 9.50 Å². The van der Waals surface area contributed by atoms with Gasteiger partial charge in [0.2, 0.25) is 0 Å². The Kier molecular flexibility index (Phi) is 3.25. The van der Waals surface area contributed by atoms with E-state index >= 15 is 0 Å². The summed E-state index contributed by atoms with van der Waals surface area (Å²) in [6.07, 6.45) is -1.03. The fourth-order valence-corrected chi connectivity index (χ4v) is 1.38. The van der Waals surface area contributed by atoms with E-state index in [0.717, 1.165) is 5.56 Å². The molecule has 0 radical (unpaired) electrons. The number of aliphatic hydroxyl groups excluding tert-OH is 1. The molecular formula is C9H11ClFNO. The van der Waals surface area contributed by atoms with E-state index < -0.39 is 11.9 Å². The minimum Gasteiger partial charge on any atom is -0.387 e. The van der Waals surface area contributed by atoms with Crippen LogP contribution in [-0.4, -0.2) is 11.7 Å². The molecule has 72 valence electrons. The highest BCUT2D eigenvalue weighted by atomic mass is 35.5. The standard InChI is InChI=1S/C9H11ClFNO/c1-5-2-3-6(11)8(9(5)10)7(13)4-12/h2-3,7,13H,4,12H2,1H3. The van der Waals surface area contributed by atoms with E-state index in [1.165, 1.54) is 6.07 Å². The van der Waals surface area contributed by atoms with Crippen LogP contribution in [0.2, 0.25) is 5.02 Å². The molecule has 1 aromatic rings. The Morgan fingerprint density at radius 2 is 2.23 bits per heavy atom. The van der Waals surface area contributed by atoms with Crippen LogP contribution in [-0.2, 0) is 0 Å². The van der Waals surface area contributed by atoms with Crippen molar-refractivity contribution in [1.29, 1.82) is 0 Å². The van der Waals surface area contributed by atoms with E-state index in [1.807, 2.05) is 0 Å². The lowest BCUT2D eigenvalue weighted by Gasteiger charge is -2.12. The number of hydrogen-bond donors (Lipinski definition) is 2. The molecule has 0 bridgehead atoms. The Morgan fingerprint density at radius 3 is 2.77 bits per heavy atom. The summed E-state index contributed by atoms with van der Waals surface area (Å²) in [5, 5.41) is 9.61. The van der Waals surface area contributed by atoms with Gasteiger partial charge in [0.1, 0.15) is 5.82 Å². The van der Waals surface area contributed by atoms with Gasteiger partial charge in [-0.1, -0.05) is 17.7 Å². The Morgan fingerprint density at radius 1 is 1.62 bits per heavy atom. The Hall–Kier alpha value is -0.640. The third-order valence-corrected chi connectivity index (χ3v) is 2.38. The zero-order chi connectivity index (χ0) is 10.0. The monoisotopic (exact) mass is 203 g/mol. The quantitative estimate of drug-likeness (QED) is 0.770. The molecule has 1 unspecified atom stereocenters. The fourth-order valence-electron chi connectivity index (χ4n) is 1.10. The van der Waals surface area contributed by atoms with E-state index in [2.05, 4.69) is 0 Å². The second-order valence-electron chi connectivity index (χ2n) is 2.84. The van der Waals surface area contributed by atoms with Crippen molar-refractivity contribution in [2.24, 2.45) is 5.73 Å². The van der Waals surface area contributed by atoms with Gasteiger partial charge in [0, 0.05) is 12.1 Å². The van der Waals surface area contributed by atoms with Gasteiger partial charge in [-0.25, -0.2) is 4.39 Å². The van der Waals surface area contributed by atoms with E-state index in [1.54, 1.807) is 13.0 Å². The van der Waals surface area contributed by atoms with E-state index in [-0.39, 0.29) is 17.1 Å². The zero-order valence-corrected chi connectivity index (χ0v) is 7.98. The third kappa shape index (κ3) is 1.99. The maximum absolute atomic E-state index is 13.2. The van der Waals surface area contributed by atoms with Gasteiger partial charge in [-0.05, 0) is 18.6 Å². The lowest BCUT2D eigenvalue weighted by atomic mass is 10.1. The van der Waals surface area contributed by atoms with Crippen molar-refractivity contribution in [2.45, 2.75) is 13.0 Å². The molecule has 0 amide bonds. The van der Waals surface area contributed by atoms with Crippen LogP contribution >= 0.6 is 11.6 Å². The average molecular weight is 204 g/mol. The lowest BCUT2D eigenvalue weighted by molar-refractivity contribution is 0.182. The molecule has 0 saturated carbocycles. The number of aliphatic hydroxyl groups is 1. The topological polar surface area (TPSA) is 46.2 Å². The summed E-state index contributed by atoms with van der Waals surface area (Å²) in [5.74, 6) is -0.520. The second-order valence-corrected chi connectivity index (χ2v) is 3.22. The first-order valence-corrected chi connectivity index (χ1v) is 4.28. The predicted octanol–water partition coefficient (Wildman–Crippen LogP) is 1.78. The molecule has 1 atom stereocenters.